The van der Waals surface area contributed by atoms with Crippen LogP contribution >= 0.6 is 0 Å². The van der Waals surface area contributed by atoms with E-state index in [-0.39, 0.29) is 25.0 Å². The van der Waals surface area contributed by atoms with Gasteiger partial charge in [-0.05, 0) is 49.1 Å². The summed E-state index contributed by atoms with van der Waals surface area (Å²) in [6.45, 7) is 0.361. The van der Waals surface area contributed by atoms with E-state index in [1.54, 1.807) is 30.3 Å². The van der Waals surface area contributed by atoms with Gasteiger partial charge < -0.3 is 43.4 Å². The summed E-state index contributed by atoms with van der Waals surface area (Å²) in [5, 5.41) is 26.9. The van der Waals surface area contributed by atoms with E-state index in [2.05, 4.69) is 16.0 Å². The van der Waals surface area contributed by atoms with Gasteiger partial charge in [0.25, 0.3) is 0 Å². The van der Waals surface area contributed by atoms with E-state index in [9.17, 15) is 34.2 Å². The van der Waals surface area contributed by atoms with E-state index >= 15 is 0 Å². The summed E-state index contributed by atoms with van der Waals surface area (Å²) in [4.78, 5) is 62.4. The molecule has 2 aromatic carbocycles. The molecule has 0 aromatic heterocycles. The molecule has 0 aliphatic heterocycles. The first kappa shape index (κ1) is 32.7. The second-order valence-electron chi connectivity index (χ2n) is 9.64. The number of aromatic hydroxyl groups is 1. The van der Waals surface area contributed by atoms with Crippen molar-refractivity contribution < 1.29 is 34.2 Å². The van der Waals surface area contributed by atoms with Crippen LogP contribution in [0.3, 0.4) is 0 Å². The Morgan fingerprint density at radius 3 is 1.85 bits per heavy atom. The molecule has 4 unspecified atom stereocenters. The molecule has 0 aliphatic carbocycles. The van der Waals surface area contributed by atoms with Gasteiger partial charge in [0.15, 0.2) is 0 Å². The number of rotatable bonds is 17. The van der Waals surface area contributed by atoms with Gasteiger partial charge >= 0.3 is 5.97 Å². The van der Waals surface area contributed by atoms with Crippen LogP contribution in [0.4, 0.5) is 0 Å². The Kier molecular flexibility index (Phi) is 13.2. The van der Waals surface area contributed by atoms with Crippen molar-refractivity contribution in [1.82, 2.24) is 16.0 Å². The highest BCUT2D eigenvalue weighted by atomic mass is 16.4. The van der Waals surface area contributed by atoms with Crippen LogP contribution in [0, 0.1) is 0 Å². The Hall–Kier alpha value is -4.49. The number of carbonyl (C=O) groups is 5. The van der Waals surface area contributed by atoms with Gasteiger partial charge in [-0.3, -0.25) is 19.2 Å². The first-order chi connectivity index (χ1) is 19.5. The number of phenolic OH excluding ortho intramolecular Hbond substituents is 1. The molecule has 41 heavy (non-hydrogen) atoms. The van der Waals surface area contributed by atoms with Crippen LogP contribution < -0.4 is 33.2 Å². The molecule has 2 rings (SSSR count). The van der Waals surface area contributed by atoms with Gasteiger partial charge in [0, 0.05) is 12.8 Å². The van der Waals surface area contributed by atoms with Crippen molar-refractivity contribution in [2.24, 2.45) is 17.2 Å². The third kappa shape index (κ3) is 11.6. The first-order valence-electron chi connectivity index (χ1n) is 13.2. The highest BCUT2D eigenvalue weighted by molar-refractivity contribution is 5.95. The average molecular weight is 571 g/mol. The van der Waals surface area contributed by atoms with Gasteiger partial charge in [0.1, 0.15) is 23.9 Å². The number of amides is 4. The molecule has 13 nitrogen and oxygen atoms in total. The second-order valence-corrected chi connectivity index (χ2v) is 9.64. The maximum Gasteiger partial charge on any atom is 0.326 e. The largest absolute Gasteiger partial charge is 0.508 e. The maximum absolute atomic E-state index is 13.4. The number of nitrogens with two attached hydrogens (primary N) is 3. The van der Waals surface area contributed by atoms with Crippen LogP contribution in [-0.4, -0.2) is 70.5 Å². The molecule has 0 radical (unpaired) electrons. The topological polar surface area (TPSA) is 240 Å². The number of carboxylic acids is 1. The van der Waals surface area contributed by atoms with Gasteiger partial charge in [0.2, 0.25) is 23.6 Å². The van der Waals surface area contributed by atoms with Crippen molar-refractivity contribution in [3.8, 4) is 5.75 Å². The maximum atomic E-state index is 13.4. The molecule has 0 spiro atoms. The minimum absolute atomic E-state index is 0.0130. The van der Waals surface area contributed by atoms with Crippen molar-refractivity contribution in [2.45, 2.75) is 62.7 Å². The predicted octanol–water partition coefficient (Wildman–Crippen LogP) is -0.952. The van der Waals surface area contributed by atoms with Crippen LogP contribution in [0.2, 0.25) is 0 Å². The number of phenols is 1. The molecule has 11 N–H and O–H groups in total. The number of aliphatic carboxylic acids is 1. The fraction of sp³-hybridized carbons (Fsp3) is 0.393. The smallest absolute Gasteiger partial charge is 0.326 e. The van der Waals surface area contributed by atoms with Crippen molar-refractivity contribution >= 4 is 29.6 Å². The molecular weight excluding hydrogens is 532 g/mol. The molecule has 0 heterocycles. The van der Waals surface area contributed by atoms with Gasteiger partial charge in [-0.1, -0.05) is 42.5 Å². The number of benzene rings is 2. The van der Waals surface area contributed by atoms with Crippen molar-refractivity contribution in [3.05, 3.63) is 65.7 Å². The van der Waals surface area contributed by atoms with Crippen LogP contribution in [0.1, 0.15) is 36.8 Å². The van der Waals surface area contributed by atoms with Gasteiger partial charge in [-0.25, -0.2) is 4.79 Å². The molecule has 4 amide bonds. The Labute approximate surface area is 237 Å². The van der Waals surface area contributed by atoms with Crippen LogP contribution in [-0.2, 0) is 36.8 Å². The summed E-state index contributed by atoms with van der Waals surface area (Å²) in [5.41, 5.74) is 17.7. The Morgan fingerprint density at radius 1 is 0.732 bits per heavy atom. The predicted molar refractivity (Wildman–Crippen MR) is 150 cm³/mol. The molecule has 0 saturated carbocycles. The lowest BCUT2D eigenvalue weighted by Crippen LogP contribution is -2.58. The standard InChI is InChI=1S/C28H38N6O7/c29-13-5-4-8-21(32-25(37)20(30)16-24(31)36)26(38)33-22(14-17-6-2-1-3-7-17)27(39)34-23(28(40)41)15-18-9-11-19(35)12-10-18/h1-3,6-7,9-12,20-23,35H,4-5,8,13-16,29-30H2,(H2,31,36)(H,32,37)(H,33,38)(H,34,39)(H,40,41). The van der Waals surface area contributed by atoms with Gasteiger partial charge in [-0.15, -0.1) is 0 Å². The Morgan fingerprint density at radius 2 is 1.27 bits per heavy atom. The third-order valence-electron chi connectivity index (χ3n) is 6.24. The van der Waals surface area contributed by atoms with Crippen LogP contribution in [0.25, 0.3) is 0 Å². The van der Waals surface area contributed by atoms with Crippen molar-refractivity contribution in [3.63, 3.8) is 0 Å². The second kappa shape index (κ2) is 16.6. The number of carbonyl (C=O) groups excluding carboxylic acids is 4. The Balaban J connectivity index is 2.24. The van der Waals surface area contributed by atoms with Gasteiger partial charge in [-0.2, -0.15) is 0 Å². The molecule has 0 saturated heterocycles. The van der Waals surface area contributed by atoms with Crippen LogP contribution in [0.15, 0.2) is 54.6 Å². The molecular formula is C28H38N6O7. The number of hydrogen-bond acceptors (Lipinski definition) is 8. The van der Waals surface area contributed by atoms with E-state index in [1.165, 1.54) is 24.3 Å². The fourth-order valence-electron chi connectivity index (χ4n) is 4.02. The number of hydrogen-bond donors (Lipinski definition) is 8. The summed E-state index contributed by atoms with van der Waals surface area (Å²) in [7, 11) is 0. The Bertz CT molecular complexity index is 1180. The zero-order valence-electron chi connectivity index (χ0n) is 22.6. The highest BCUT2D eigenvalue weighted by Gasteiger charge is 2.30. The van der Waals surface area contributed by atoms with E-state index in [0.717, 1.165) is 0 Å². The highest BCUT2D eigenvalue weighted by Crippen LogP contribution is 2.12. The molecule has 0 bridgehead atoms. The van der Waals surface area contributed by atoms with E-state index in [0.29, 0.717) is 30.5 Å². The zero-order valence-corrected chi connectivity index (χ0v) is 22.6. The first-order valence-corrected chi connectivity index (χ1v) is 13.2. The number of nitrogens with one attached hydrogen (secondary N) is 3. The summed E-state index contributed by atoms with van der Waals surface area (Å²) < 4.78 is 0. The number of unbranched alkanes of at least 4 members (excludes halogenated alkanes) is 1. The molecule has 13 heteroatoms. The summed E-state index contributed by atoms with van der Waals surface area (Å²) in [6.07, 6.45) is 0.773. The minimum atomic E-state index is -1.32. The van der Waals surface area contributed by atoms with Crippen molar-refractivity contribution in [1.29, 1.82) is 0 Å². The lowest BCUT2D eigenvalue weighted by atomic mass is 10.0. The lowest BCUT2D eigenvalue weighted by Gasteiger charge is -2.25. The number of primary amides is 1. The minimum Gasteiger partial charge on any atom is -0.508 e. The van der Waals surface area contributed by atoms with E-state index < -0.39 is 60.2 Å². The molecule has 4 atom stereocenters. The third-order valence-corrected chi connectivity index (χ3v) is 6.24. The SMILES string of the molecule is NCCCCC(NC(=O)C(N)CC(N)=O)C(=O)NC(Cc1ccccc1)C(=O)NC(Cc1ccc(O)cc1)C(=O)O. The molecule has 0 fully saturated rings. The van der Waals surface area contributed by atoms with Gasteiger partial charge in [0.05, 0.1) is 12.5 Å². The number of carboxylic acid groups (broad SMARTS) is 1. The van der Waals surface area contributed by atoms with Crippen LogP contribution in [0.5, 0.6) is 5.75 Å². The van der Waals surface area contributed by atoms with E-state index in [4.69, 9.17) is 17.2 Å². The zero-order chi connectivity index (χ0) is 30.4. The van der Waals surface area contributed by atoms with Crippen molar-refractivity contribution in [2.75, 3.05) is 6.54 Å². The lowest BCUT2D eigenvalue weighted by molar-refractivity contribution is -0.142. The summed E-state index contributed by atoms with van der Waals surface area (Å²) in [6, 6.07) is 9.80. The fourth-order valence-corrected chi connectivity index (χ4v) is 4.02. The molecule has 0 aliphatic rings. The summed E-state index contributed by atoms with van der Waals surface area (Å²) >= 11 is 0. The monoisotopic (exact) mass is 570 g/mol. The van der Waals surface area contributed by atoms with E-state index in [1.807, 2.05) is 0 Å². The molecule has 222 valence electrons. The molecule has 2 aromatic rings. The average Bonchev–Trinajstić information content (AvgIpc) is 2.92. The normalized spacial score (nSPS) is 13.7. The quantitative estimate of drug-likeness (QED) is 0.109. The summed E-state index contributed by atoms with van der Waals surface area (Å²) in [5.74, 6) is -4.25.